The lowest BCUT2D eigenvalue weighted by Crippen LogP contribution is -2.17. The van der Waals surface area contributed by atoms with Crippen LogP contribution in [0.5, 0.6) is 0 Å². The van der Waals surface area contributed by atoms with Crippen LogP contribution in [0.1, 0.15) is 5.56 Å². The van der Waals surface area contributed by atoms with Crippen LogP contribution in [0.2, 0.25) is 0 Å². The Kier molecular flexibility index (Phi) is 3.05. The van der Waals surface area contributed by atoms with Gasteiger partial charge in [-0.15, -0.1) is 0 Å². The number of nitrogens with zero attached hydrogens (tertiary/aromatic N) is 2. The molecule has 20 heavy (non-hydrogen) atoms. The first kappa shape index (κ1) is 12.5. The standard InChI is InChI=1S/C14H9N3O2S/c15-5-6-17-8-9(10-3-1-2-4-11(10)17)7-12-13(18)16-14(19)20-12/h1-4,7-8H,6H2,(H,16,18,19)/b12-7+. The summed E-state index contributed by atoms with van der Waals surface area (Å²) >= 11 is 0.887. The minimum absolute atomic E-state index is 0.238. The summed E-state index contributed by atoms with van der Waals surface area (Å²) in [7, 11) is 0. The van der Waals surface area contributed by atoms with E-state index in [1.54, 1.807) is 6.08 Å². The van der Waals surface area contributed by atoms with Gasteiger partial charge in [-0.1, -0.05) is 18.2 Å². The van der Waals surface area contributed by atoms with Crippen molar-refractivity contribution in [2.75, 3.05) is 0 Å². The van der Waals surface area contributed by atoms with Gasteiger partial charge in [0.05, 0.1) is 11.0 Å². The van der Waals surface area contributed by atoms with Crippen LogP contribution >= 0.6 is 11.8 Å². The van der Waals surface area contributed by atoms with E-state index in [0.29, 0.717) is 4.91 Å². The Bertz CT molecular complexity index is 798. The van der Waals surface area contributed by atoms with Gasteiger partial charge in [-0.05, 0) is 23.9 Å². The largest absolute Gasteiger partial charge is 0.333 e. The molecule has 6 heteroatoms. The number of rotatable bonds is 2. The fourth-order valence-corrected chi connectivity index (χ4v) is 2.83. The Morgan fingerprint density at radius 1 is 1.35 bits per heavy atom. The fourth-order valence-electron chi connectivity index (χ4n) is 2.16. The van der Waals surface area contributed by atoms with Gasteiger partial charge >= 0.3 is 0 Å². The summed E-state index contributed by atoms with van der Waals surface area (Å²) in [5.41, 5.74) is 1.75. The van der Waals surface area contributed by atoms with E-state index in [1.807, 2.05) is 35.0 Å². The molecule has 0 aliphatic carbocycles. The number of aromatic nitrogens is 1. The molecule has 0 unspecified atom stereocenters. The Morgan fingerprint density at radius 2 is 2.15 bits per heavy atom. The van der Waals surface area contributed by atoms with Crippen molar-refractivity contribution in [3.63, 3.8) is 0 Å². The van der Waals surface area contributed by atoms with Gasteiger partial charge < -0.3 is 4.57 Å². The SMILES string of the molecule is N#CCn1cc(/C=C2/SC(=O)NC2=O)c2ccccc21. The molecular formula is C14H9N3O2S. The molecule has 0 radical (unpaired) electrons. The third kappa shape index (κ3) is 2.08. The van der Waals surface area contributed by atoms with Crippen molar-refractivity contribution in [2.24, 2.45) is 0 Å². The minimum atomic E-state index is -0.378. The first-order valence-corrected chi connectivity index (χ1v) is 6.70. The van der Waals surface area contributed by atoms with Crippen molar-refractivity contribution >= 4 is 39.9 Å². The quantitative estimate of drug-likeness (QED) is 0.859. The summed E-state index contributed by atoms with van der Waals surface area (Å²) in [5, 5.41) is 11.7. The second kappa shape index (κ2) is 4.87. The molecule has 0 bridgehead atoms. The number of para-hydroxylation sites is 1. The normalized spacial score (nSPS) is 16.6. The van der Waals surface area contributed by atoms with Crippen molar-refractivity contribution in [2.45, 2.75) is 6.54 Å². The van der Waals surface area contributed by atoms with Gasteiger partial charge in [-0.3, -0.25) is 14.9 Å². The molecule has 1 aliphatic heterocycles. The van der Waals surface area contributed by atoms with Gasteiger partial charge in [0, 0.05) is 22.7 Å². The molecule has 0 saturated carbocycles. The van der Waals surface area contributed by atoms with E-state index in [0.717, 1.165) is 28.2 Å². The topological polar surface area (TPSA) is 74.9 Å². The summed E-state index contributed by atoms with van der Waals surface area (Å²) < 4.78 is 1.82. The molecule has 0 atom stereocenters. The molecule has 3 rings (SSSR count). The number of amides is 2. The third-order valence-corrected chi connectivity index (χ3v) is 3.80. The number of hydrogen-bond acceptors (Lipinski definition) is 4. The number of hydrogen-bond donors (Lipinski definition) is 1. The highest BCUT2D eigenvalue weighted by molar-refractivity contribution is 8.18. The zero-order valence-electron chi connectivity index (χ0n) is 10.3. The number of carbonyl (C=O) groups excluding carboxylic acids is 2. The molecule has 98 valence electrons. The average molecular weight is 283 g/mol. The van der Waals surface area contributed by atoms with Crippen molar-refractivity contribution in [3.8, 4) is 6.07 Å². The zero-order chi connectivity index (χ0) is 14.1. The Hall–Kier alpha value is -2.52. The van der Waals surface area contributed by atoms with E-state index >= 15 is 0 Å². The van der Waals surface area contributed by atoms with Crippen LogP contribution in [0.4, 0.5) is 4.79 Å². The lowest BCUT2D eigenvalue weighted by atomic mass is 10.1. The van der Waals surface area contributed by atoms with Crippen LogP contribution in [0, 0.1) is 11.3 Å². The molecule has 2 aromatic rings. The van der Waals surface area contributed by atoms with Gasteiger partial charge in [-0.25, -0.2) is 0 Å². The summed E-state index contributed by atoms with van der Waals surface area (Å²) in [5.74, 6) is -0.378. The van der Waals surface area contributed by atoms with Gasteiger partial charge in [0.1, 0.15) is 6.54 Å². The summed E-state index contributed by atoms with van der Waals surface area (Å²) in [6.07, 6.45) is 3.50. The van der Waals surface area contributed by atoms with Gasteiger partial charge in [0.2, 0.25) is 0 Å². The van der Waals surface area contributed by atoms with Crippen molar-refractivity contribution < 1.29 is 9.59 Å². The second-order valence-electron chi connectivity index (χ2n) is 4.24. The Morgan fingerprint density at radius 3 is 2.85 bits per heavy atom. The maximum Gasteiger partial charge on any atom is 0.290 e. The van der Waals surface area contributed by atoms with Crippen LogP contribution in [0.15, 0.2) is 35.4 Å². The average Bonchev–Trinajstić information content (AvgIpc) is 2.93. The van der Waals surface area contributed by atoms with Crippen LogP contribution in [0.3, 0.4) is 0 Å². The van der Waals surface area contributed by atoms with E-state index in [4.69, 9.17) is 5.26 Å². The molecule has 2 heterocycles. The molecule has 2 amide bonds. The minimum Gasteiger partial charge on any atom is -0.333 e. The van der Waals surface area contributed by atoms with E-state index in [1.165, 1.54) is 0 Å². The molecule has 1 fully saturated rings. The van der Waals surface area contributed by atoms with Gasteiger partial charge in [0.15, 0.2) is 0 Å². The molecule has 0 spiro atoms. The predicted octanol–water partition coefficient (Wildman–Crippen LogP) is 2.49. The highest BCUT2D eigenvalue weighted by Crippen LogP contribution is 2.29. The number of fused-ring (bicyclic) bond motifs is 1. The number of thioether (sulfide) groups is 1. The van der Waals surface area contributed by atoms with Gasteiger partial charge in [0.25, 0.3) is 11.1 Å². The number of nitrogens with one attached hydrogen (secondary N) is 1. The first-order chi connectivity index (χ1) is 9.69. The molecule has 1 aliphatic rings. The number of carbonyl (C=O) groups is 2. The smallest absolute Gasteiger partial charge is 0.290 e. The Labute approximate surface area is 118 Å². The van der Waals surface area contributed by atoms with E-state index in [9.17, 15) is 9.59 Å². The summed E-state index contributed by atoms with van der Waals surface area (Å²) in [6, 6.07) is 9.74. The maximum atomic E-state index is 11.6. The molecule has 1 aromatic carbocycles. The van der Waals surface area contributed by atoms with E-state index < -0.39 is 0 Å². The monoisotopic (exact) mass is 283 g/mol. The molecule has 5 nitrogen and oxygen atoms in total. The molecule has 1 N–H and O–H groups in total. The van der Waals surface area contributed by atoms with Crippen molar-refractivity contribution in [1.82, 2.24) is 9.88 Å². The fraction of sp³-hybridized carbons (Fsp3) is 0.0714. The third-order valence-electron chi connectivity index (χ3n) is 2.99. The van der Waals surface area contributed by atoms with E-state index in [2.05, 4.69) is 11.4 Å². The molecule has 1 aromatic heterocycles. The highest BCUT2D eigenvalue weighted by Gasteiger charge is 2.25. The van der Waals surface area contributed by atoms with Crippen molar-refractivity contribution in [1.29, 1.82) is 5.26 Å². The zero-order valence-corrected chi connectivity index (χ0v) is 11.1. The number of benzene rings is 1. The number of nitriles is 1. The van der Waals surface area contributed by atoms with Crippen LogP contribution < -0.4 is 5.32 Å². The maximum absolute atomic E-state index is 11.6. The predicted molar refractivity (Wildman–Crippen MR) is 76.7 cm³/mol. The first-order valence-electron chi connectivity index (χ1n) is 5.89. The van der Waals surface area contributed by atoms with Crippen LogP contribution in [-0.4, -0.2) is 15.7 Å². The summed E-state index contributed by atoms with van der Waals surface area (Å²) in [4.78, 5) is 23.1. The molecule has 1 saturated heterocycles. The van der Waals surface area contributed by atoms with Crippen LogP contribution in [-0.2, 0) is 11.3 Å². The van der Waals surface area contributed by atoms with Gasteiger partial charge in [-0.2, -0.15) is 5.26 Å². The van der Waals surface area contributed by atoms with E-state index in [-0.39, 0.29) is 17.7 Å². The van der Waals surface area contributed by atoms with Crippen molar-refractivity contribution in [3.05, 3.63) is 40.9 Å². The Balaban J connectivity index is 2.13. The number of imide groups is 1. The van der Waals surface area contributed by atoms with Crippen LogP contribution in [0.25, 0.3) is 17.0 Å². The molecular weight excluding hydrogens is 274 g/mol. The summed E-state index contributed by atoms with van der Waals surface area (Å²) in [6.45, 7) is 0.238. The lowest BCUT2D eigenvalue weighted by molar-refractivity contribution is -0.115. The lowest BCUT2D eigenvalue weighted by Gasteiger charge is -1.96. The second-order valence-corrected chi connectivity index (χ2v) is 5.25. The highest BCUT2D eigenvalue weighted by atomic mass is 32.2.